The number of halogens is 1. The van der Waals surface area contributed by atoms with Gasteiger partial charge in [-0.3, -0.25) is 15.1 Å². The lowest BCUT2D eigenvalue weighted by atomic mass is 10.3. The Morgan fingerprint density at radius 1 is 1.39 bits per heavy atom. The molecule has 0 unspecified atom stereocenters. The molecular formula is C11H9ClN4O2. The van der Waals surface area contributed by atoms with Gasteiger partial charge in [-0.05, 0) is 12.1 Å². The summed E-state index contributed by atoms with van der Waals surface area (Å²) < 4.78 is 0. The average Bonchev–Trinajstić information content (AvgIpc) is 2.38. The van der Waals surface area contributed by atoms with Crippen LogP contribution in [0, 0.1) is 10.1 Å². The molecule has 0 bridgehead atoms. The highest BCUT2D eigenvalue weighted by atomic mass is 35.5. The van der Waals surface area contributed by atoms with E-state index in [9.17, 15) is 10.1 Å². The van der Waals surface area contributed by atoms with Gasteiger partial charge in [0.15, 0.2) is 0 Å². The second-order valence-electron chi connectivity index (χ2n) is 3.46. The molecule has 1 N–H and O–H groups in total. The van der Waals surface area contributed by atoms with Gasteiger partial charge in [0.05, 0.1) is 22.2 Å². The van der Waals surface area contributed by atoms with Gasteiger partial charge in [-0.25, -0.2) is 4.98 Å². The zero-order valence-corrected chi connectivity index (χ0v) is 9.96. The first-order valence-corrected chi connectivity index (χ1v) is 5.48. The summed E-state index contributed by atoms with van der Waals surface area (Å²) >= 11 is 5.89. The first-order valence-electron chi connectivity index (χ1n) is 5.10. The monoisotopic (exact) mass is 264 g/mol. The smallest absolute Gasteiger partial charge is 0.289 e. The van der Waals surface area contributed by atoms with E-state index < -0.39 is 4.92 Å². The molecule has 0 aliphatic carbocycles. The molecule has 0 saturated heterocycles. The van der Waals surface area contributed by atoms with Gasteiger partial charge in [-0.15, -0.1) is 0 Å². The van der Waals surface area contributed by atoms with Crippen molar-refractivity contribution < 1.29 is 4.92 Å². The molecule has 6 nitrogen and oxygen atoms in total. The van der Waals surface area contributed by atoms with Crippen molar-refractivity contribution in [2.45, 2.75) is 6.54 Å². The number of nitro groups is 1. The van der Waals surface area contributed by atoms with Crippen LogP contribution in [0.4, 0.5) is 11.5 Å². The topological polar surface area (TPSA) is 81.0 Å². The molecule has 18 heavy (non-hydrogen) atoms. The van der Waals surface area contributed by atoms with Crippen molar-refractivity contribution >= 4 is 23.1 Å². The van der Waals surface area contributed by atoms with Crippen LogP contribution in [-0.4, -0.2) is 14.9 Å². The number of hydrogen-bond acceptors (Lipinski definition) is 5. The van der Waals surface area contributed by atoms with Crippen LogP contribution in [-0.2, 0) is 6.54 Å². The van der Waals surface area contributed by atoms with E-state index in [4.69, 9.17) is 11.6 Å². The molecular weight excluding hydrogens is 256 g/mol. The SMILES string of the molecule is O=[N+]([O-])c1cnc(NCc2ccccn2)c(Cl)c1. The summed E-state index contributed by atoms with van der Waals surface area (Å²) in [4.78, 5) is 18.0. The van der Waals surface area contributed by atoms with E-state index in [1.807, 2.05) is 18.2 Å². The molecule has 0 atom stereocenters. The third-order valence-electron chi connectivity index (χ3n) is 2.20. The summed E-state index contributed by atoms with van der Waals surface area (Å²) in [5.41, 5.74) is 0.692. The fourth-order valence-electron chi connectivity index (χ4n) is 1.33. The molecule has 2 aromatic rings. The summed E-state index contributed by atoms with van der Waals surface area (Å²) in [6.07, 6.45) is 2.84. The minimum atomic E-state index is -0.540. The summed E-state index contributed by atoms with van der Waals surface area (Å²) in [5.74, 6) is 0.396. The Morgan fingerprint density at radius 3 is 2.83 bits per heavy atom. The molecule has 0 aliphatic heterocycles. The Hall–Kier alpha value is -2.21. The van der Waals surface area contributed by atoms with Crippen LogP contribution in [0.25, 0.3) is 0 Å². The van der Waals surface area contributed by atoms with Gasteiger partial charge >= 0.3 is 0 Å². The quantitative estimate of drug-likeness (QED) is 0.678. The van der Waals surface area contributed by atoms with Crippen molar-refractivity contribution in [2.24, 2.45) is 0 Å². The zero-order chi connectivity index (χ0) is 13.0. The van der Waals surface area contributed by atoms with Crippen molar-refractivity contribution in [1.29, 1.82) is 0 Å². The molecule has 0 radical (unpaired) electrons. The van der Waals surface area contributed by atoms with Crippen molar-refractivity contribution in [3.63, 3.8) is 0 Å². The lowest BCUT2D eigenvalue weighted by Crippen LogP contribution is -2.03. The predicted octanol–water partition coefficient (Wildman–Crippen LogP) is 2.65. The molecule has 7 heteroatoms. The second-order valence-corrected chi connectivity index (χ2v) is 3.86. The van der Waals surface area contributed by atoms with Gasteiger partial charge < -0.3 is 5.32 Å². The van der Waals surface area contributed by atoms with Crippen molar-refractivity contribution in [2.75, 3.05) is 5.32 Å². The average molecular weight is 265 g/mol. The molecule has 0 fully saturated rings. The molecule has 2 aromatic heterocycles. The number of nitrogens with one attached hydrogen (secondary N) is 1. The summed E-state index contributed by atoms with van der Waals surface area (Å²) in [5, 5.41) is 13.7. The van der Waals surface area contributed by atoms with E-state index in [2.05, 4.69) is 15.3 Å². The van der Waals surface area contributed by atoms with E-state index in [1.165, 1.54) is 6.07 Å². The van der Waals surface area contributed by atoms with Crippen LogP contribution in [0.5, 0.6) is 0 Å². The van der Waals surface area contributed by atoms with Crippen LogP contribution < -0.4 is 5.32 Å². The second kappa shape index (κ2) is 5.42. The number of nitrogens with zero attached hydrogens (tertiary/aromatic N) is 3. The van der Waals surface area contributed by atoms with E-state index >= 15 is 0 Å². The third kappa shape index (κ3) is 2.92. The molecule has 0 spiro atoms. The van der Waals surface area contributed by atoms with Crippen LogP contribution >= 0.6 is 11.6 Å². The number of rotatable bonds is 4. The molecule has 92 valence electrons. The summed E-state index contributed by atoms with van der Waals surface area (Å²) in [6, 6.07) is 6.80. The van der Waals surface area contributed by atoms with E-state index in [-0.39, 0.29) is 10.7 Å². The Kier molecular flexibility index (Phi) is 3.69. The lowest BCUT2D eigenvalue weighted by Gasteiger charge is -2.06. The van der Waals surface area contributed by atoms with Crippen molar-refractivity contribution in [3.05, 3.63) is 57.5 Å². The Labute approximate surface area is 108 Å². The third-order valence-corrected chi connectivity index (χ3v) is 2.49. The first-order chi connectivity index (χ1) is 8.66. The van der Waals surface area contributed by atoms with Crippen LogP contribution in [0.2, 0.25) is 5.02 Å². The van der Waals surface area contributed by atoms with Gasteiger partial charge in [0.1, 0.15) is 12.0 Å². The molecule has 0 saturated carbocycles. The fourth-order valence-corrected chi connectivity index (χ4v) is 1.56. The van der Waals surface area contributed by atoms with Crippen molar-refractivity contribution in [1.82, 2.24) is 9.97 Å². The summed E-state index contributed by atoms with van der Waals surface area (Å²) in [6.45, 7) is 0.450. The number of pyridine rings is 2. The zero-order valence-electron chi connectivity index (χ0n) is 9.21. The summed E-state index contributed by atoms with van der Waals surface area (Å²) in [7, 11) is 0. The largest absolute Gasteiger partial charge is 0.363 e. The standard InChI is InChI=1S/C11H9ClN4O2/c12-10-5-9(16(17)18)7-15-11(10)14-6-8-3-1-2-4-13-8/h1-5,7H,6H2,(H,14,15). The highest BCUT2D eigenvalue weighted by Gasteiger charge is 2.10. The number of anilines is 1. The maximum absolute atomic E-state index is 10.5. The Morgan fingerprint density at radius 2 is 2.22 bits per heavy atom. The highest BCUT2D eigenvalue weighted by Crippen LogP contribution is 2.23. The van der Waals surface area contributed by atoms with Gasteiger partial charge in [0.25, 0.3) is 5.69 Å². The molecule has 2 heterocycles. The van der Waals surface area contributed by atoms with Crippen LogP contribution in [0.1, 0.15) is 5.69 Å². The maximum Gasteiger partial charge on any atom is 0.289 e. The van der Waals surface area contributed by atoms with Gasteiger partial charge in [0.2, 0.25) is 0 Å². The number of hydrogen-bond donors (Lipinski definition) is 1. The number of aromatic nitrogens is 2. The molecule has 0 aliphatic rings. The lowest BCUT2D eigenvalue weighted by molar-refractivity contribution is -0.385. The molecule has 0 amide bonds. The Bertz CT molecular complexity index is 562. The highest BCUT2D eigenvalue weighted by molar-refractivity contribution is 6.33. The van der Waals surface area contributed by atoms with Gasteiger partial charge in [-0.1, -0.05) is 17.7 Å². The predicted molar refractivity (Wildman–Crippen MR) is 67.5 cm³/mol. The van der Waals surface area contributed by atoms with E-state index in [0.717, 1.165) is 11.9 Å². The minimum absolute atomic E-state index is 0.136. The van der Waals surface area contributed by atoms with Gasteiger partial charge in [0, 0.05) is 12.3 Å². The molecule has 0 aromatic carbocycles. The maximum atomic E-state index is 10.5. The van der Waals surface area contributed by atoms with E-state index in [1.54, 1.807) is 6.20 Å². The van der Waals surface area contributed by atoms with Gasteiger partial charge in [-0.2, -0.15) is 0 Å². The molecule has 2 rings (SSSR count). The van der Waals surface area contributed by atoms with Crippen LogP contribution in [0.3, 0.4) is 0 Å². The minimum Gasteiger partial charge on any atom is -0.363 e. The van der Waals surface area contributed by atoms with Crippen molar-refractivity contribution in [3.8, 4) is 0 Å². The van der Waals surface area contributed by atoms with E-state index in [0.29, 0.717) is 12.4 Å². The normalized spacial score (nSPS) is 10.1. The van der Waals surface area contributed by atoms with Crippen LogP contribution in [0.15, 0.2) is 36.7 Å². The fraction of sp³-hybridized carbons (Fsp3) is 0.0909. The Balaban J connectivity index is 2.08. The first kappa shape index (κ1) is 12.3.